The third kappa shape index (κ3) is 1.99. The molecule has 1 fully saturated rings. The van der Waals surface area contributed by atoms with Crippen LogP contribution in [0.3, 0.4) is 0 Å². The largest absolute Gasteiger partial charge is 0.420 e. The number of carbonyl (C=O) groups is 1. The van der Waals surface area contributed by atoms with Gasteiger partial charge in [-0.25, -0.2) is 0 Å². The van der Waals surface area contributed by atoms with Gasteiger partial charge in [0.1, 0.15) is 0 Å². The third-order valence-corrected chi connectivity index (χ3v) is 3.42. The summed E-state index contributed by atoms with van der Waals surface area (Å²) in [6, 6.07) is 3.68. The SMILES string of the molecule is C=CC(=O)N1CC(C)(c2nnc(-c3cccnc3)o2)C1. The number of carbonyl (C=O) groups excluding carboxylic acids is 1. The first-order valence-electron chi connectivity index (χ1n) is 6.28. The summed E-state index contributed by atoms with van der Waals surface area (Å²) in [5, 5.41) is 8.14. The lowest BCUT2D eigenvalue weighted by Crippen LogP contribution is -2.59. The summed E-state index contributed by atoms with van der Waals surface area (Å²) in [5.41, 5.74) is 0.500. The third-order valence-electron chi connectivity index (χ3n) is 3.42. The quantitative estimate of drug-likeness (QED) is 0.789. The number of hydrogen-bond acceptors (Lipinski definition) is 5. The molecule has 0 N–H and O–H groups in total. The molecular formula is C14H14N4O2. The van der Waals surface area contributed by atoms with E-state index in [0.29, 0.717) is 24.9 Å². The van der Waals surface area contributed by atoms with Gasteiger partial charge >= 0.3 is 0 Å². The molecule has 0 aliphatic carbocycles. The Morgan fingerprint density at radius 1 is 1.50 bits per heavy atom. The van der Waals surface area contributed by atoms with E-state index < -0.39 is 0 Å². The van der Waals surface area contributed by atoms with Crippen molar-refractivity contribution < 1.29 is 9.21 Å². The number of amides is 1. The van der Waals surface area contributed by atoms with Gasteiger partial charge < -0.3 is 9.32 Å². The van der Waals surface area contributed by atoms with E-state index in [4.69, 9.17) is 4.42 Å². The van der Waals surface area contributed by atoms with Crippen molar-refractivity contribution >= 4 is 5.91 Å². The highest BCUT2D eigenvalue weighted by Crippen LogP contribution is 2.34. The normalized spacial score (nSPS) is 16.6. The molecule has 0 aromatic carbocycles. The molecule has 2 aromatic heterocycles. The van der Waals surface area contributed by atoms with Crippen LogP contribution in [0.25, 0.3) is 11.5 Å². The Bertz CT molecular complexity index is 644. The fourth-order valence-corrected chi connectivity index (χ4v) is 2.29. The molecule has 3 heterocycles. The predicted molar refractivity (Wildman–Crippen MR) is 71.7 cm³/mol. The molecule has 0 radical (unpaired) electrons. The summed E-state index contributed by atoms with van der Waals surface area (Å²) in [5.74, 6) is 0.918. The minimum atomic E-state index is -0.286. The number of likely N-dealkylation sites (tertiary alicyclic amines) is 1. The Labute approximate surface area is 116 Å². The summed E-state index contributed by atoms with van der Waals surface area (Å²) in [6.07, 6.45) is 4.68. The van der Waals surface area contributed by atoms with Crippen LogP contribution in [-0.4, -0.2) is 39.1 Å². The molecule has 1 aliphatic rings. The van der Waals surface area contributed by atoms with Crippen LogP contribution in [0, 0.1) is 0 Å². The zero-order valence-corrected chi connectivity index (χ0v) is 11.1. The van der Waals surface area contributed by atoms with Crippen molar-refractivity contribution in [3.05, 3.63) is 43.1 Å². The van der Waals surface area contributed by atoms with Crippen LogP contribution in [0.1, 0.15) is 12.8 Å². The molecule has 1 saturated heterocycles. The van der Waals surface area contributed by atoms with Crippen molar-refractivity contribution in [3.63, 3.8) is 0 Å². The Hall–Kier alpha value is -2.50. The lowest BCUT2D eigenvalue weighted by Gasteiger charge is -2.45. The fourth-order valence-electron chi connectivity index (χ4n) is 2.29. The van der Waals surface area contributed by atoms with Crippen molar-refractivity contribution in [2.75, 3.05) is 13.1 Å². The van der Waals surface area contributed by atoms with E-state index in [1.807, 2.05) is 19.1 Å². The van der Waals surface area contributed by atoms with Crippen molar-refractivity contribution in [2.24, 2.45) is 0 Å². The van der Waals surface area contributed by atoms with Gasteiger partial charge in [-0.1, -0.05) is 6.58 Å². The van der Waals surface area contributed by atoms with Gasteiger partial charge in [-0.15, -0.1) is 10.2 Å². The number of hydrogen-bond donors (Lipinski definition) is 0. The van der Waals surface area contributed by atoms with E-state index >= 15 is 0 Å². The van der Waals surface area contributed by atoms with Crippen molar-refractivity contribution in [3.8, 4) is 11.5 Å². The first-order valence-corrected chi connectivity index (χ1v) is 6.28. The van der Waals surface area contributed by atoms with Gasteiger partial charge in [0.2, 0.25) is 17.7 Å². The Morgan fingerprint density at radius 2 is 2.30 bits per heavy atom. The van der Waals surface area contributed by atoms with Crippen LogP contribution in [0.15, 0.2) is 41.6 Å². The highest BCUT2D eigenvalue weighted by atomic mass is 16.4. The molecule has 3 rings (SSSR count). The molecule has 0 bridgehead atoms. The maximum Gasteiger partial charge on any atom is 0.249 e. The summed E-state index contributed by atoms with van der Waals surface area (Å²) in [4.78, 5) is 17.2. The number of nitrogens with zero attached hydrogens (tertiary/aromatic N) is 4. The smallest absolute Gasteiger partial charge is 0.249 e. The molecule has 6 heteroatoms. The fraction of sp³-hybridized carbons (Fsp3) is 0.286. The monoisotopic (exact) mass is 270 g/mol. The Kier molecular flexibility index (Phi) is 2.85. The van der Waals surface area contributed by atoms with E-state index in [9.17, 15) is 4.79 Å². The molecule has 0 unspecified atom stereocenters. The minimum Gasteiger partial charge on any atom is -0.420 e. The summed E-state index contributed by atoms with van der Waals surface area (Å²) in [7, 11) is 0. The topological polar surface area (TPSA) is 72.1 Å². The second kappa shape index (κ2) is 4.56. The zero-order valence-electron chi connectivity index (χ0n) is 11.1. The first kappa shape index (κ1) is 12.5. The van der Waals surface area contributed by atoms with E-state index in [1.165, 1.54) is 6.08 Å². The van der Waals surface area contributed by atoms with Gasteiger partial charge in [0.05, 0.1) is 11.0 Å². The van der Waals surface area contributed by atoms with Gasteiger partial charge in [0.15, 0.2) is 0 Å². The van der Waals surface area contributed by atoms with Gasteiger partial charge in [-0.2, -0.15) is 0 Å². The van der Waals surface area contributed by atoms with Gasteiger partial charge in [-0.05, 0) is 25.1 Å². The van der Waals surface area contributed by atoms with Gasteiger partial charge in [0.25, 0.3) is 0 Å². The predicted octanol–water partition coefficient (Wildman–Crippen LogP) is 1.42. The minimum absolute atomic E-state index is 0.0746. The number of rotatable bonds is 3. The lowest BCUT2D eigenvalue weighted by molar-refractivity contribution is -0.133. The lowest BCUT2D eigenvalue weighted by atomic mass is 9.82. The number of aromatic nitrogens is 3. The van der Waals surface area contributed by atoms with Crippen LogP contribution in [0.5, 0.6) is 0 Å². The Balaban J connectivity index is 1.78. The van der Waals surface area contributed by atoms with E-state index in [2.05, 4.69) is 21.8 Å². The molecule has 1 amide bonds. The molecule has 1 aliphatic heterocycles. The zero-order chi connectivity index (χ0) is 14.2. The van der Waals surface area contributed by atoms with Crippen LogP contribution in [0.4, 0.5) is 0 Å². The first-order chi connectivity index (χ1) is 9.62. The maximum atomic E-state index is 11.5. The van der Waals surface area contributed by atoms with Gasteiger partial charge in [-0.3, -0.25) is 9.78 Å². The Morgan fingerprint density at radius 3 is 2.95 bits per heavy atom. The highest BCUT2D eigenvalue weighted by Gasteiger charge is 2.46. The molecule has 102 valence electrons. The number of pyridine rings is 1. The molecule has 0 atom stereocenters. The standard InChI is InChI=1S/C14H14N4O2/c1-3-11(19)18-8-14(2,9-18)13-17-16-12(20-13)10-5-4-6-15-7-10/h3-7H,1,8-9H2,2H3. The van der Waals surface area contributed by atoms with Crippen LogP contribution >= 0.6 is 0 Å². The van der Waals surface area contributed by atoms with Gasteiger partial charge in [0, 0.05) is 25.5 Å². The molecule has 0 spiro atoms. The van der Waals surface area contributed by atoms with E-state index in [1.54, 1.807) is 17.3 Å². The highest BCUT2D eigenvalue weighted by molar-refractivity contribution is 5.88. The summed E-state index contributed by atoms with van der Waals surface area (Å²) in [6.45, 7) is 6.60. The summed E-state index contributed by atoms with van der Waals surface area (Å²) < 4.78 is 5.71. The molecule has 2 aromatic rings. The molecular weight excluding hydrogens is 256 g/mol. The average molecular weight is 270 g/mol. The van der Waals surface area contributed by atoms with Crippen molar-refractivity contribution in [1.29, 1.82) is 0 Å². The average Bonchev–Trinajstić information content (AvgIpc) is 2.94. The molecule has 20 heavy (non-hydrogen) atoms. The van der Waals surface area contributed by atoms with Crippen LogP contribution in [0.2, 0.25) is 0 Å². The maximum absolute atomic E-state index is 11.5. The van der Waals surface area contributed by atoms with Crippen LogP contribution < -0.4 is 0 Å². The second-order valence-electron chi connectivity index (χ2n) is 5.11. The summed E-state index contributed by atoms with van der Waals surface area (Å²) >= 11 is 0. The second-order valence-corrected chi connectivity index (χ2v) is 5.11. The molecule has 0 saturated carbocycles. The molecule has 6 nitrogen and oxygen atoms in total. The van der Waals surface area contributed by atoms with E-state index in [0.717, 1.165) is 5.56 Å². The van der Waals surface area contributed by atoms with Crippen LogP contribution in [-0.2, 0) is 10.2 Å². The van der Waals surface area contributed by atoms with Crippen molar-refractivity contribution in [2.45, 2.75) is 12.3 Å². The van der Waals surface area contributed by atoms with Crippen molar-refractivity contribution in [1.82, 2.24) is 20.1 Å². The van der Waals surface area contributed by atoms with E-state index in [-0.39, 0.29) is 11.3 Å².